The molecule has 10 heteroatoms. The van der Waals surface area contributed by atoms with Crippen molar-refractivity contribution < 1.29 is 9.84 Å². The summed E-state index contributed by atoms with van der Waals surface area (Å²) in [4.78, 5) is 24.5. The van der Waals surface area contributed by atoms with E-state index < -0.39 is 0 Å². The highest BCUT2D eigenvalue weighted by atomic mass is 16.5. The molecule has 1 fully saturated rings. The number of rotatable bonds is 5. The van der Waals surface area contributed by atoms with Gasteiger partial charge in [-0.15, -0.1) is 0 Å². The van der Waals surface area contributed by atoms with Gasteiger partial charge in [-0.2, -0.15) is 0 Å². The molecule has 2 N–H and O–H groups in total. The minimum absolute atomic E-state index is 0.254. The molecule has 0 saturated carbocycles. The van der Waals surface area contributed by atoms with Crippen LogP contribution in [0.4, 0.5) is 17.5 Å². The van der Waals surface area contributed by atoms with Crippen LogP contribution < -0.4 is 15.0 Å². The number of nitrogens with one attached hydrogen (secondary N) is 1. The van der Waals surface area contributed by atoms with Crippen LogP contribution in [0.5, 0.6) is 11.5 Å². The van der Waals surface area contributed by atoms with Crippen LogP contribution in [0.3, 0.4) is 0 Å². The molecule has 1 saturated heterocycles. The van der Waals surface area contributed by atoms with E-state index in [2.05, 4.69) is 30.2 Å². The Hall–Kier alpha value is -4.31. The quantitative estimate of drug-likeness (QED) is 0.382. The van der Waals surface area contributed by atoms with Gasteiger partial charge >= 0.3 is 0 Å². The van der Waals surface area contributed by atoms with Crippen LogP contribution in [0.1, 0.15) is 18.4 Å². The molecule has 2 aromatic carbocycles. The number of hydrogen-bond acceptors (Lipinski definition) is 9. The number of benzene rings is 2. The number of aliphatic hydroxyl groups is 1. The second-order valence-corrected chi connectivity index (χ2v) is 9.06. The van der Waals surface area contributed by atoms with Crippen molar-refractivity contribution >= 4 is 39.5 Å². The molecule has 5 aromatic rings. The largest absolute Gasteiger partial charge is 0.457 e. The predicted octanol–water partition coefficient (Wildman–Crippen LogP) is 4.11. The third kappa shape index (κ3) is 4.27. The summed E-state index contributed by atoms with van der Waals surface area (Å²) < 4.78 is 8.12. The maximum Gasteiger partial charge on any atom is 0.226 e. The van der Waals surface area contributed by atoms with E-state index >= 15 is 0 Å². The Morgan fingerprint density at radius 2 is 1.86 bits per heavy atom. The minimum Gasteiger partial charge on any atom is -0.457 e. The number of hydrogen-bond donors (Lipinski definition) is 2. The number of ether oxygens (including phenoxy) is 1. The van der Waals surface area contributed by atoms with Crippen LogP contribution in [0.15, 0.2) is 55.2 Å². The second kappa shape index (κ2) is 9.04. The van der Waals surface area contributed by atoms with Crippen LogP contribution >= 0.6 is 0 Å². The van der Waals surface area contributed by atoms with Crippen LogP contribution in [0, 0.1) is 6.92 Å². The smallest absolute Gasteiger partial charge is 0.226 e. The highest BCUT2D eigenvalue weighted by molar-refractivity contribution is 5.87. The molecule has 182 valence electrons. The predicted molar refractivity (Wildman–Crippen MR) is 138 cm³/mol. The summed E-state index contributed by atoms with van der Waals surface area (Å²) in [5.74, 6) is 2.73. The van der Waals surface area contributed by atoms with Gasteiger partial charge in [-0.25, -0.2) is 24.9 Å². The molecule has 1 aliphatic heterocycles. The molecule has 6 rings (SSSR count). The van der Waals surface area contributed by atoms with E-state index in [1.807, 2.05) is 54.9 Å². The zero-order valence-corrected chi connectivity index (χ0v) is 20.1. The summed E-state index contributed by atoms with van der Waals surface area (Å²) in [5, 5.41) is 13.2. The van der Waals surface area contributed by atoms with E-state index in [1.165, 1.54) is 6.33 Å². The lowest BCUT2D eigenvalue weighted by atomic mass is 10.1. The van der Waals surface area contributed by atoms with E-state index in [0.717, 1.165) is 46.9 Å². The molecule has 0 aliphatic carbocycles. The van der Waals surface area contributed by atoms with E-state index in [9.17, 15) is 5.11 Å². The first kappa shape index (κ1) is 22.2. The van der Waals surface area contributed by atoms with Crippen LogP contribution in [-0.4, -0.2) is 53.8 Å². The first-order valence-corrected chi connectivity index (χ1v) is 11.9. The fourth-order valence-electron chi connectivity index (χ4n) is 4.44. The summed E-state index contributed by atoms with van der Waals surface area (Å²) >= 11 is 0. The van der Waals surface area contributed by atoms with E-state index in [0.29, 0.717) is 35.6 Å². The lowest BCUT2D eigenvalue weighted by Gasteiger charge is -2.29. The number of anilines is 3. The maximum absolute atomic E-state index is 9.81. The Morgan fingerprint density at radius 3 is 2.69 bits per heavy atom. The number of piperidine rings is 1. The number of aryl methyl sites for hydroxylation is 2. The Morgan fingerprint density at radius 1 is 1.00 bits per heavy atom. The van der Waals surface area contributed by atoms with Gasteiger partial charge < -0.3 is 24.6 Å². The summed E-state index contributed by atoms with van der Waals surface area (Å²) in [5.41, 5.74) is 5.09. The Balaban J connectivity index is 1.24. The van der Waals surface area contributed by atoms with Crippen molar-refractivity contribution in [2.45, 2.75) is 25.9 Å². The number of nitrogens with zero attached hydrogens (tertiary/aromatic N) is 7. The molecule has 36 heavy (non-hydrogen) atoms. The molecule has 0 amide bonds. The maximum atomic E-state index is 9.81. The molecule has 4 heterocycles. The third-order valence-corrected chi connectivity index (χ3v) is 6.47. The highest BCUT2D eigenvalue weighted by Gasteiger charge is 2.20. The fraction of sp³-hybridized carbons (Fsp3) is 0.269. The number of fused-ring (bicyclic) bond motifs is 2. The lowest BCUT2D eigenvalue weighted by Crippen LogP contribution is -2.36. The van der Waals surface area contributed by atoms with Crippen molar-refractivity contribution in [2.75, 3.05) is 23.3 Å². The molecule has 3 aromatic heterocycles. The van der Waals surface area contributed by atoms with Gasteiger partial charge in [0.05, 0.1) is 29.7 Å². The van der Waals surface area contributed by atoms with Crippen molar-refractivity contribution in [3.05, 3.63) is 60.8 Å². The van der Waals surface area contributed by atoms with Gasteiger partial charge in [0.15, 0.2) is 5.82 Å². The molecule has 1 aliphatic rings. The Labute approximate surface area is 207 Å². The molecule has 0 bridgehead atoms. The lowest BCUT2D eigenvalue weighted by molar-refractivity contribution is 0.145. The van der Waals surface area contributed by atoms with Gasteiger partial charge in [0.25, 0.3) is 0 Å². The van der Waals surface area contributed by atoms with E-state index in [1.54, 1.807) is 12.5 Å². The summed E-state index contributed by atoms with van der Waals surface area (Å²) in [6.07, 6.45) is 6.18. The van der Waals surface area contributed by atoms with Gasteiger partial charge in [-0.3, -0.25) is 0 Å². The number of aromatic nitrogens is 6. The first-order valence-electron chi connectivity index (χ1n) is 11.9. The SMILES string of the molecule is Cc1cc(Nc2ncnc3cnc(N4CCC(O)CC4)nc23)ccc1Oc1ccc2c(c1)ncn2C. The van der Waals surface area contributed by atoms with Gasteiger partial charge in [0.2, 0.25) is 5.95 Å². The molecule has 0 atom stereocenters. The van der Waals surface area contributed by atoms with Gasteiger partial charge in [-0.1, -0.05) is 0 Å². The van der Waals surface area contributed by atoms with E-state index in [4.69, 9.17) is 9.72 Å². The molecule has 0 radical (unpaired) electrons. The van der Waals surface area contributed by atoms with Gasteiger partial charge in [-0.05, 0) is 55.7 Å². The normalized spacial score (nSPS) is 14.5. The van der Waals surface area contributed by atoms with Crippen molar-refractivity contribution in [1.29, 1.82) is 0 Å². The van der Waals surface area contributed by atoms with Crippen LogP contribution in [0.25, 0.3) is 22.1 Å². The average Bonchev–Trinajstić information content (AvgIpc) is 3.26. The first-order chi connectivity index (χ1) is 17.5. The Kier molecular flexibility index (Phi) is 5.57. The average molecular weight is 483 g/mol. The highest BCUT2D eigenvalue weighted by Crippen LogP contribution is 2.31. The van der Waals surface area contributed by atoms with Gasteiger partial charge in [0, 0.05) is 31.9 Å². The van der Waals surface area contributed by atoms with Crippen molar-refractivity contribution in [3.8, 4) is 11.5 Å². The summed E-state index contributed by atoms with van der Waals surface area (Å²) in [6.45, 7) is 3.44. The second-order valence-electron chi connectivity index (χ2n) is 9.06. The minimum atomic E-state index is -0.254. The molecule has 10 nitrogen and oxygen atoms in total. The monoisotopic (exact) mass is 482 g/mol. The molecular formula is C26H26N8O2. The van der Waals surface area contributed by atoms with Crippen molar-refractivity contribution in [3.63, 3.8) is 0 Å². The fourth-order valence-corrected chi connectivity index (χ4v) is 4.44. The van der Waals surface area contributed by atoms with Crippen molar-refractivity contribution in [1.82, 2.24) is 29.5 Å². The number of aliphatic hydroxyl groups excluding tert-OH is 1. The molecule has 0 spiro atoms. The van der Waals surface area contributed by atoms with Crippen LogP contribution in [0.2, 0.25) is 0 Å². The van der Waals surface area contributed by atoms with Crippen molar-refractivity contribution in [2.24, 2.45) is 7.05 Å². The zero-order valence-electron chi connectivity index (χ0n) is 20.1. The number of imidazole rings is 1. The topological polar surface area (TPSA) is 114 Å². The third-order valence-electron chi connectivity index (χ3n) is 6.47. The summed E-state index contributed by atoms with van der Waals surface area (Å²) in [7, 11) is 1.97. The molecular weight excluding hydrogens is 456 g/mol. The van der Waals surface area contributed by atoms with Crippen LogP contribution in [-0.2, 0) is 7.05 Å². The zero-order chi connectivity index (χ0) is 24.6. The Bertz CT molecular complexity index is 1560. The molecule has 0 unspecified atom stereocenters. The van der Waals surface area contributed by atoms with E-state index in [-0.39, 0.29) is 6.10 Å². The standard InChI is InChI=1S/C26H26N8O2/c1-16-11-17(3-6-23(16)36-19-4-5-22-20(12-19)30-15-33(22)2)31-25-24-21(28-14-29-25)13-27-26(32-24)34-9-7-18(35)8-10-34/h3-6,11-15,18,35H,7-10H2,1-2H3,(H,28,29,31). The summed E-state index contributed by atoms with van der Waals surface area (Å²) in [6, 6.07) is 11.8. The van der Waals surface area contributed by atoms with Gasteiger partial charge in [0.1, 0.15) is 28.9 Å².